The maximum Gasteiger partial charge on any atom is 0.238 e. The van der Waals surface area contributed by atoms with E-state index in [0.717, 1.165) is 9.37 Å². The second kappa shape index (κ2) is 7.48. The Kier molecular flexibility index (Phi) is 5.85. The van der Waals surface area contributed by atoms with E-state index in [0.29, 0.717) is 5.69 Å². The summed E-state index contributed by atoms with van der Waals surface area (Å²) in [6, 6.07) is 13.4. The van der Waals surface area contributed by atoms with Gasteiger partial charge in [-0.25, -0.2) is 13.6 Å². The summed E-state index contributed by atoms with van der Waals surface area (Å²) in [6.07, 6.45) is 0. The summed E-state index contributed by atoms with van der Waals surface area (Å²) in [5, 5.41) is 7.48. The van der Waals surface area contributed by atoms with Gasteiger partial charge in [0.2, 0.25) is 15.9 Å². The van der Waals surface area contributed by atoms with Crippen LogP contribution in [0.2, 0.25) is 0 Å². The fourth-order valence-electron chi connectivity index (χ4n) is 1.74. The number of sulfonamides is 1. The molecule has 23 heavy (non-hydrogen) atoms. The molecule has 0 saturated heterocycles. The summed E-state index contributed by atoms with van der Waals surface area (Å²) in [5.41, 5.74) is 0.519. The maximum absolute atomic E-state index is 12.2. The minimum Gasteiger partial charge on any atom is -0.325 e. The monoisotopic (exact) mass is 414 g/mol. The normalized spacial score (nSPS) is 12.7. The molecular weight excluding hydrogens is 400 g/mol. The SMILES string of the molecule is C[C@@H](Sc1ccc(Br)cc1)C(=O)Nc1ccc(S(N)(=O)=O)cc1. The molecule has 0 aromatic heterocycles. The van der Waals surface area contributed by atoms with Crippen LogP contribution < -0.4 is 10.5 Å². The van der Waals surface area contributed by atoms with Gasteiger partial charge in [-0.2, -0.15) is 0 Å². The van der Waals surface area contributed by atoms with E-state index in [-0.39, 0.29) is 16.1 Å². The van der Waals surface area contributed by atoms with Crippen molar-refractivity contribution in [1.29, 1.82) is 0 Å². The third-order valence-corrected chi connectivity index (χ3v) is 5.52. The predicted octanol–water partition coefficient (Wildman–Crippen LogP) is 3.22. The number of primary sulfonamides is 1. The first kappa shape index (κ1) is 18.0. The fraction of sp³-hybridized carbons (Fsp3) is 0.133. The number of carbonyl (C=O) groups excluding carboxylic acids is 1. The van der Waals surface area contributed by atoms with Crippen LogP contribution in [0.3, 0.4) is 0 Å². The molecule has 0 radical (unpaired) electrons. The standard InChI is InChI=1S/C15H15BrN2O3S2/c1-10(22-13-6-2-11(16)3-7-13)15(19)18-12-4-8-14(9-5-12)23(17,20)21/h2-10H,1H3,(H,18,19)(H2,17,20,21)/t10-/m1/s1. The summed E-state index contributed by atoms with van der Waals surface area (Å²) >= 11 is 4.80. The minimum absolute atomic E-state index is 0.00721. The van der Waals surface area contributed by atoms with Gasteiger partial charge in [0, 0.05) is 15.1 Å². The highest BCUT2D eigenvalue weighted by molar-refractivity contribution is 9.10. The van der Waals surface area contributed by atoms with Gasteiger partial charge in [0.05, 0.1) is 10.1 Å². The largest absolute Gasteiger partial charge is 0.325 e. The maximum atomic E-state index is 12.2. The minimum atomic E-state index is -3.73. The Bertz CT molecular complexity index is 790. The third kappa shape index (κ3) is 5.35. The van der Waals surface area contributed by atoms with Gasteiger partial charge in [-0.05, 0) is 55.5 Å². The number of anilines is 1. The van der Waals surface area contributed by atoms with Crippen molar-refractivity contribution < 1.29 is 13.2 Å². The lowest BCUT2D eigenvalue weighted by Crippen LogP contribution is -2.22. The van der Waals surface area contributed by atoms with Crippen molar-refractivity contribution in [2.45, 2.75) is 22.0 Å². The fourth-order valence-corrected chi connectivity index (χ4v) is 3.39. The van der Waals surface area contributed by atoms with Crippen molar-refractivity contribution in [3.8, 4) is 0 Å². The van der Waals surface area contributed by atoms with Crippen LogP contribution >= 0.6 is 27.7 Å². The molecule has 2 aromatic rings. The van der Waals surface area contributed by atoms with Crippen molar-refractivity contribution in [3.63, 3.8) is 0 Å². The van der Waals surface area contributed by atoms with Crippen LogP contribution in [0.5, 0.6) is 0 Å². The van der Waals surface area contributed by atoms with Gasteiger partial charge < -0.3 is 5.32 Å². The van der Waals surface area contributed by atoms with E-state index in [1.165, 1.54) is 36.0 Å². The van der Waals surface area contributed by atoms with Gasteiger partial charge in [0.1, 0.15) is 0 Å². The van der Waals surface area contributed by atoms with Crippen LogP contribution in [0, 0.1) is 0 Å². The van der Waals surface area contributed by atoms with Crippen molar-refractivity contribution in [1.82, 2.24) is 0 Å². The summed E-state index contributed by atoms with van der Waals surface area (Å²) in [6.45, 7) is 1.81. The second-order valence-electron chi connectivity index (χ2n) is 4.77. The number of nitrogens with two attached hydrogens (primary N) is 1. The smallest absolute Gasteiger partial charge is 0.238 e. The number of hydrogen-bond acceptors (Lipinski definition) is 4. The number of hydrogen-bond donors (Lipinski definition) is 2. The number of benzene rings is 2. The molecule has 0 bridgehead atoms. The van der Waals surface area contributed by atoms with E-state index in [9.17, 15) is 13.2 Å². The zero-order valence-corrected chi connectivity index (χ0v) is 15.4. The van der Waals surface area contributed by atoms with Crippen molar-refractivity contribution in [2.75, 3.05) is 5.32 Å². The molecule has 2 aromatic carbocycles. The van der Waals surface area contributed by atoms with Crippen LogP contribution in [0.4, 0.5) is 5.69 Å². The van der Waals surface area contributed by atoms with Gasteiger partial charge >= 0.3 is 0 Å². The van der Waals surface area contributed by atoms with Crippen LogP contribution in [-0.2, 0) is 14.8 Å². The lowest BCUT2D eigenvalue weighted by Gasteiger charge is -2.12. The Labute approximate surface area is 147 Å². The second-order valence-corrected chi connectivity index (χ2v) is 8.66. The van der Waals surface area contributed by atoms with Gasteiger partial charge in [-0.15, -0.1) is 11.8 Å². The highest BCUT2D eigenvalue weighted by atomic mass is 79.9. The molecule has 0 aliphatic carbocycles. The van der Waals surface area contributed by atoms with E-state index in [1.807, 2.05) is 24.3 Å². The van der Waals surface area contributed by atoms with Crippen LogP contribution in [0.1, 0.15) is 6.92 Å². The average molecular weight is 415 g/mol. The van der Waals surface area contributed by atoms with Gasteiger partial charge in [-0.1, -0.05) is 15.9 Å². The third-order valence-electron chi connectivity index (χ3n) is 2.95. The highest BCUT2D eigenvalue weighted by Gasteiger charge is 2.15. The van der Waals surface area contributed by atoms with E-state index in [2.05, 4.69) is 21.2 Å². The molecule has 0 spiro atoms. The van der Waals surface area contributed by atoms with E-state index < -0.39 is 10.0 Å². The van der Waals surface area contributed by atoms with Crippen LogP contribution in [0.15, 0.2) is 62.8 Å². The Morgan fingerprint density at radius 2 is 1.70 bits per heavy atom. The number of rotatable bonds is 5. The summed E-state index contributed by atoms with van der Waals surface area (Å²) < 4.78 is 23.4. The predicted molar refractivity (Wildman–Crippen MR) is 95.9 cm³/mol. The first-order chi connectivity index (χ1) is 10.8. The number of halogens is 1. The molecule has 1 amide bonds. The van der Waals surface area contributed by atoms with E-state index in [4.69, 9.17) is 5.14 Å². The molecule has 8 heteroatoms. The first-order valence-electron chi connectivity index (χ1n) is 6.61. The Hall–Kier alpha value is -1.35. The van der Waals surface area contributed by atoms with Crippen molar-refractivity contribution in [2.24, 2.45) is 5.14 Å². The number of carbonyl (C=O) groups is 1. The lowest BCUT2D eigenvalue weighted by atomic mass is 10.3. The Balaban J connectivity index is 1.99. The molecule has 3 N–H and O–H groups in total. The Morgan fingerprint density at radius 1 is 1.13 bits per heavy atom. The molecule has 2 rings (SSSR count). The first-order valence-corrected chi connectivity index (χ1v) is 9.83. The number of thioether (sulfide) groups is 1. The molecule has 0 saturated carbocycles. The average Bonchev–Trinajstić information content (AvgIpc) is 2.49. The molecule has 1 atom stereocenters. The van der Waals surface area contributed by atoms with Gasteiger partial charge in [0.25, 0.3) is 0 Å². The Morgan fingerprint density at radius 3 is 2.22 bits per heavy atom. The summed E-state index contributed by atoms with van der Waals surface area (Å²) in [4.78, 5) is 13.2. The zero-order valence-electron chi connectivity index (χ0n) is 12.2. The van der Waals surface area contributed by atoms with E-state index in [1.54, 1.807) is 6.92 Å². The molecule has 0 heterocycles. The zero-order chi connectivity index (χ0) is 17.0. The molecule has 5 nitrogen and oxygen atoms in total. The molecular formula is C15H15BrN2O3S2. The van der Waals surface area contributed by atoms with Gasteiger partial charge in [-0.3, -0.25) is 4.79 Å². The number of nitrogens with one attached hydrogen (secondary N) is 1. The number of amides is 1. The summed E-state index contributed by atoms with van der Waals surface area (Å²) in [5.74, 6) is -0.165. The van der Waals surface area contributed by atoms with Crippen LogP contribution in [0.25, 0.3) is 0 Å². The molecule has 0 unspecified atom stereocenters. The van der Waals surface area contributed by atoms with E-state index >= 15 is 0 Å². The quantitative estimate of drug-likeness (QED) is 0.734. The van der Waals surface area contributed by atoms with Gasteiger partial charge in [0.15, 0.2) is 0 Å². The molecule has 0 aliphatic heterocycles. The summed E-state index contributed by atoms with van der Waals surface area (Å²) in [7, 11) is -3.73. The molecule has 0 fully saturated rings. The van der Waals surface area contributed by atoms with Crippen molar-refractivity contribution >= 4 is 49.3 Å². The molecule has 122 valence electrons. The van der Waals surface area contributed by atoms with Crippen LogP contribution in [-0.4, -0.2) is 19.6 Å². The molecule has 0 aliphatic rings. The highest BCUT2D eigenvalue weighted by Crippen LogP contribution is 2.25. The topological polar surface area (TPSA) is 89.3 Å². The lowest BCUT2D eigenvalue weighted by molar-refractivity contribution is -0.115. The van der Waals surface area contributed by atoms with Crippen molar-refractivity contribution in [3.05, 3.63) is 53.0 Å².